The van der Waals surface area contributed by atoms with E-state index < -0.39 is 27.1 Å². The molecule has 0 amide bonds. The summed E-state index contributed by atoms with van der Waals surface area (Å²) in [6.45, 7) is 17.1. The first-order valence-corrected chi connectivity index (χ1v) is 15.3. The zero-order valence-electron chi connectivity index (χ0n) is 18.7. The van der Waals surface area contributed by atoms with Gasteiger partial charge in [0.2, 0.25) is 27.1 Å². The topological polar surface area (TPSA) is 55.4 Å². The van der Waals surface area contributed by atoms with E-state index in [4.69, 9.17) is 27.5 Å². The third-order valence-electron chi connectivity index (χ3n) is 2.03. The Labute approximate surface area is 221 Å². The van der Waals surface area contributed by atoms with Gasteiger partial charge in [0.15, 0.2) is 0 Å². The Morgan fingerprint density at radius 3 is 0.769 bits per heavy atom. The van der Waals surface area contributed by atoms with Crippen molar-refractivity contribution in [2.24, 2.45) is 0 Å². The van der Waals surface area contributed by atoms with Crippen LogP contribution in [0, 0.1) is 0 Å². The second-order valence-electron chi connectivity index (χ2n) is 5.25. The molecule has 0 saturated carbocycles. The van der Waals surface area contributed by atoms with Crippen molar-refractivity contribution in [3.63, 3.8) is 0 Å². The van der Waals surface area contributed by atoms with Gasteiger partial charge in [0, 0.05) is 38.9 Å². The van der Waals surface area contributed by atoms with E-state index in [1.165, 1.54) is 0 Å². The molecule has 0 aromatic heterocycles. The van der Waals surface area contributed by atoms with Crippen LogP contribution < -0.4 is 51.4 Å². The second-order valence-corrected chi connectivity index (χ2v) is 11.6. The van der Waals surface area contributed by atoms with Gasteiger partial charge in [-0.3, -0.25) is 0 Å². The van der Waals surface area contributed by atoms with Gasteiger partial charge in [-0.25, -0.2) is 0 Å². The summed E-state index contributed by atoms with van der Waals surface area (Å²) in [5.41, 5.74) is 0. The van der Waals surface area contributed by atoms with Crippen molar-refractivity contribution < 1.29 is 78.9 Å². The molecule has 0 aromatic rings. The van der Waals surface area contributed by atoms with Gasteiger partial charge in [0.05, 0.1) is 39.6 Å². The predicted molar refractivity (Wildman–Crippen MR) is 112 cm³/mol. The molecule has 0 bridgehead atoms. The van der Waals surface area contributed by atoms with E-state index in [9.17, 15) is 0 Å². The van der Waals surface area contributed by atoms with Crippen molar-refractivity contribution in [2.75, 3.05) is 61.0 Å². The maximum atomic E-state index is 5.26. The molecular formula is C15H39GeKO6Si3+. The van der Waals surface area contributed by atoms with Gasteiger partial charge >= 0.3 is 51.4 Å². The van der Waals surface area contributed by atoms with Crippen LogP contribution >= 0.6 is 0 Å². The second kappa shape index (κ2) is 35.1. The molecule has 6 nitrogen and oxygen atoms in total. The Kier molecular flexibility index (Phi) is 52.7. The molecule has 11 heteroatoms. The molecule has 0 heterocycles. The number of ether oxygens (including phenoxy) is 3. The van der Waals surface area contributed by atoms with Crippen molar-refractivity contribution in [3.05, 3.63) is 0 Å². The molecule has 0 atom stereocenters. The first-order valence-electron chi connectivity index (χ1n) is 8.07. The smallest absolute Gasteiger partial charge is 0.415 e. The molecule has 0 spiro atoms. The largest absolute Gasteiger partial charge is 1.00 e. The van der Waals surface area contributed by atoms with Gasteiger partial charge < -0.3 is 27.5 Å². The van der Waals surface area contributed by atoms with Gasteiger partial charge in [-0.2, -0.15) is 0 Å². The summed E-state index contributed by atoms with van der Waals surface area (Å²) >= 11 is 0. The standard InChI is InChI=1S/3C5H13O2Si.Ge.K/c3*1-6-4-5-7-8(2)3;;/h3*4-5H2,1-3H3;;/q;;;;+1. The number of rotatable bonds is 12. The fourth-order valence-corrected chi connectivity index (χ4v) is 2.46. The Hall–Kier alpha value is 2.59. The monoisotopic (exact) mass is 512 g/mol. The van der Waals surface area contributed by atoms with E-state index in [-0.39, 0.29) is 69.0 Å². The third-order valence-corrected chi connectivity index (χ3v) is 4.38. The minimum absolute atomic E-state index is 0. The van der Waals surface area contributed by atoms with Crippen LogP contribution in [-0.4, -0.2) is 106 Å². The molecule has 0 saturated heterocycles. The molecule has 0 unspecified atom stereocenters. The fourth-order valence-electron chi connectivity index (χ4n) is 0.987. The maximum absolute atomic E-state index is 5.26. The maximum Gasteiger partial charge on any atom is 1.00 e. The average molecular weight is 511 g/mol. The van der Waals surface area contributed by atoms with Crippen LogP contribution in [0.5, 0.6) is 0 Å². The van der Waals surface area contributed by atoms with Crippen molar-refractivity contribution in [2.45, 2.75) is 39.3 Å². The van der Waals surface area contributed by atoms with Crippen LogP contribution in [-0.2, 0) is 27.5 Å². The van der Waals surface area contributed by atoms with Crippen LogP contribution in [0.2, 0.25) is 39.3 Å². The summed E-state index contributed by atoms with van der Waals surface area (Å²) < 4.78 is 30.1. The van der Waals surface area contributed by atoms with Crippen LogP contribution in [0.25, 0.3) is 0 Å². The van der Waals surface area contributed by atoms with E-state index in [1.807, 2.05) is 0 Å². The summed E-state index contributed by atoms with van der Waals surface area (Å²) in [6, 6.07) is 0. The van der Waals surface area contributed by atoms with E-state index in [1.54, 1.807) is 21.3 Å². The summed E-state index contributed by atoms with van der Waals surface area (Å²) in [7, 11) is 3.58. The SMILES string of the molecule is COCCO[Si](C)C.COCCO[Si](C)C.COCCO[Si](C)C.[Ge].[K+]. The minimum atomic E-state index is -0.487. The Morgan fingerprint density at radius 1 is 0.462 bits per heavy atom. The van der Waals surface area contributed by atoms with E-state index in [0.29, 0.717) is 0 Å². The van der Waals surface area contributed by atoms with Crippen molar-refractivity contribution in [1.82, 2.24) is 0 Å². The van der Waals surface area contributed by atoms with Gasteiger partial charge in [-0.15, -0.1) is 0 Å². The predicted octanol–water partition coefficient (Wildman–Crippen LogP) is -0.675. The molecule has 26 heavy (non-hydrogen) atoms. The van der Waals surface area contributed by atoms with Crippen molar-refractivity contribution >= 4 is 44.7 Å². The average Bonchev–Trinajstić information content (AvgIpc) is 2.48. The zero-order chi connectivity index (χ0) is 19.2. The summed E-state index contributed by atoms with van der Waals surface area (Å²) in [6.07, 6.45) is 0. The quantitative estimate of drug-likeness (QED) is 0.256. The molecule has 7 radical (unpaired) electrons. The van der Waals surface area contributed by atoms with Crippen LogP contribution in [0.15, 0.2) is 0 Å². The molecule has 0 N–H and O–H groups in total. The molecule has 0 fully saturated rings. The minimum Gasteiger partial charge on any atom is -0.415 e. The van der Waals surface area contributed by atoms with Gasteiger partial charge in [0.1, 0.15) is 0 Å². The summed E-state index contributed by atoms with van der Waals surface area (Å²) in [4.78, 5) is 0. The molecule has 0 aliphatic rings. The van der Waals surface area contributed by atoms with E-state index in [0.717, 1.165) is 39.6 Å². The third kappa shape index (κ3) is 56.3. The normalized spacial score (nSPS) is 9.69. The molecule has 151 valence electrons. The number of hydrogen-bond acceptors (Lipinski definition) is 6. The number of methoxy groups -OCH3 is 3. The Bertz CT molecular complexity index is 189. The van der Waals surface area contributed by atoms with Crippen molar-refractivity contribution in [3.8, 4) is 0 Å². The fraction of sp³-hybridized carbons (Fsp3) is 1.00. The molecule has 0 aliphatic heterocycles. The molecule has 0 aliphatic carbocycles. The first-order chi connectivity index (χ1) is 11.3. The number of hydrogen-bond donors (Lipinski definition) is 0. The summed E-state index contributed by atoms with van der Waals surface area (Å²) in [5, 5.41) is 0. The summed E-state index contributed by atoms with van der Waals surface area (Å²) in [5.74, 6) is 0. The van der Waals surface area contributed by atoms with Gasteiger partial charge in [-0.05, 0) is 39.3 Å². The van der Waals surface area contributed by atoms with E-state index >= 15 is 0 Å². The Balaban J connectivity index is -0.0000000817. The first kappa shape index (κ1) is 39.1. The van der Waals surface area contributed by atoms with Crippen LogP contribution in [0.4, 0.5) is 0 Å². The Morgan fingerprint density at radius 2 is 0.654 bits per heavy atom. The van der Waals surface area contributed by atoms with Crippen LogP contribution in [0.1, 0.15) is 0 Å². The zero-order valence-corrected chi connectivity index (χ0v) is 26.9. The van der Waals surface area contributed by atoms with Crippen LogP contribution in [0.3, 0.4) is 0 Å². The molecular weight excluding hydrogens is 472 g/mol. The van der Waals surface area contributed by atoms with Gasteiger partial charge in [0.25, 0.3) is 0 Å². The molecule has 0 aromatic carbocycles. The van der Waals surface area contributed by atoms with Crippen molar-refractivity contribution in [1.29, 1.82) is 0 Å². The molecule has 0 rings (SSSR count). The van der Waals surface area contributed by atoms with E-state index in [2.05, 4.69) is 39.3 Å². The van der Waals surface area contributed by atoms with Gasteiger partial charge in [-0.1, -0.05) is 0 Å².